The Morgan fingerprint density at radius 1 is 1.35 bits per heavy atom. The minimum atomic E-state index is -0.166. The van der Waals surface area contributed by atoms with Gasteiger partial charge >= 0.3 is 0 Å². The van der Waals surface area contributed by atoms with Gasteiger partial charge in [-0.2, -0.15) is 11.8 Å². The van der Waals surface area contributed by atoms with Crippen LogP contribution in [0.4, 0.5) is 0 Å². The molecule has 3 N–H and O–H groups in total. The van der Waals surface area contributed by atoms with Gasteiger partial charge < -0.3 is 0 Å². The molecule has 0 fully saturated rings. The summed E-state index contributed by atoms with van der Waals surface area (Å²) in [5.41, 5.74) is 4.40. The zero-order valence-corrected chi connectivity index (χ0v) is 13.4. The van der Waals surface area contributed by atoms with E-state index in [-0.39, 0.29) is 5.91 Å². The van der Waals surface area contributed by atoms with Gasteiger partial charge in [0.25, 0.3) is 0 Å². The van der Waals surface area contributed by atoms with E-state index in [0.29, 0.717) is 12.5 Å². The number of rotatable bonds is 8. The zero-order chi connectivity index (χ0) is 15.0. The molecule has 1 amide bonds. The Morgan fingerprint density at radius 2 is 1.95 bits per heavy atom. The molecule has 5 heteroatoms. The number of benzene rings is 1. The van der Waals surface area contributed by atoms with Crippen LogP contribution >= 0.6 is 11.8 Å². The lowest BCUT2D eigenvalue weighted by atomic mass is 10.1. The molecule has 4 nitrogen and oxygen atoms in total. The molecule has 20 heavy (non-hydrogen) atoms. The van der Waals surface area contributed by atoms with E-state index < -0.39 is 0 Å². The van der Waals surface area contributed by atoms with Crippen molar-refractivity contribution in [2.24, 2.45) is 5.84 Å². The lowest BCUT2D eigenvalue weighted by Crippen LogP contribution is -2.32. The second-order valence-electron chi connectivity index (χ2n) is 4.99. The normalized spacial score (nSPS) is 12.4. The van der Waals surface area contributed by atoms with Gasteiger partial charge in [0, 0.05) is 18.3 Å². The average Bonchev–Trinajstić information content (AvgIpc) is 2.46. The van der Waals surface area contributed by atoms with E-state index in [1.165, 1.54) is 5.56 Å². The Kier molecular flexibility index (Phi) is 7.65. The molecule has 1 aromatic rings. The van der Waals surface area contributed by atoms with Crippen molar-refractivity contribution in [1.29, 1.82) is 0 Å². The van der Waals surface area contributed by atoms with E-state index in [0.717, 1.165) is 24.3 Å². The predicted molar refractivity (Wildman–Crippen MR) is 86.4 cm³/mol. The van der Waals surface area contributed by atoms with Crippen molar-refractivity contribution in [3.8, 4) is 0 Å². The van der Waals surface area contributed by atoms with Gasteiger partial charge in [-0.3, -0.25) is 15.1 Å². The zero-order valence-electron chi connectivity index (χ0n) is 12.6. The predicted octanol–water partition coefficient (Wildman–Crippen LogP) is 1.79. The molecule has 1 atom stereocenters. The number of thioether (sulfide) groups is 1. The summed E-state index contributed by atoms with van der Waals surface area (Å²) in [7, 11) is 2.17. The average molecular weight is 295 g/mol. The van der Waals surface area contributed by atoms with Crippen molar-refractivity contribution in [2.45, 2.75) is 32.4 Å². The fourth-order valence-electron chi connectivity index (χ4n) is 2.17. The minimum absolute atomic E-state index is 0.166. The highest BCUT2D eigenvalue weighted by molar-refractivity contribution is 7.98. The second kappa shape index (κ2) is 9.00. The van der Waals surface area contributed by atoms with Gasteiger partial charge in [-0.25, -0.2) is 5.84 Å². The van der Waals surface area contributed by atoms with E-state index in [4.69, 9.17) is 5.84 Å². The van der Waals surface area contributed by atoms with Crippen LogP contribution in [0.1, 0.15) is 24.5 Å². The summed E-state index contributed by atoms with van der Waals surface area (Å²) in [6, 6.07) is 8.76. The van der Waals surface area contributed by atoms with Crippen LogP contribution < -0.4 is 11.3 Å². The summed E-state index contributed by atoms with van der Waals surface area (Å²) >= 11 is 1.89. The van der Waals surface area contributed by atoms with Crippen molar-refractivity contribution >= 4 is 17.7 Å². The number of hydrogen-bond donors (Lipinski definition) is 2. The van der Waals surface area contributed by atoms with Gasteiger partial charge in [-0.1, -0.05) is 31.2 Å². The van der Waals surface area contributed by atoms with Crippen LogP contribution in [0.2, 0.25) is 0 Å². The highest BCUT2D eigenvalue weighted by Crippen LogP contribution is 2.13. The molecule has 112 valence electrons. The fraction of sp³-hybridized carbons (Fsp3) is 0.533. The van der Waals surface area contributed by atoms with Gasteiger partial charge in [-0.15, -0.1) is 0 Å². The largest absolute Gasteiger partial charge is 0.298 e. The van der Waals surface area contributed by atoms with Crippen LogP contribution in [0, 0.1) is 0 Å². The third kappa shape index (κ3) is 5.53. The number of amides is 1. The quantitative estimate of drug-likeness (QED) is 0.436. The molecule has 0 aliphatic rings. The lowest BCUT2D eigenvalue weighted by Gasteiger charge is -2.26. The molecule has 1 aromatic carbocycles. The molecule has 0 saturated carbocycles. The lowest BCUT2D eigenvalue weighted by molar-refractivity contribution is -0.120. The number of carbonyl (C=O) groups excluding carboxylic acids is 1. The van der Waals surface area contributed by atoms with Gasteiger partial charge in [-0.05, 0) is 30.9 Å². The van der Waals surface area contributed by atoms with Gasteiger partial charge in [0.1, 0.15) is 0 Å². The third-order valence-corrected chi connectivity index (χ3v) is 4.15. The van der Waals surface area contributed by atoms with Crippen LogP contribution in [0.15, 0.2) is 24.3 Å². The number of hydrogen-bond acceptors (Lipinski definition) is 4. The second-order valence-corrected chi connectivity index (χ2v) is 5.90. The van der Waals surface area contributed by atoms with E-state index >= 15 is 0 Å². The molecule has 0 heterocycles. The molecule has 0 bridgehead atoms. The number of nitrogens with two attached hydrogens (primary N) is 1. The first kappa shape index (κ1) is 17.0. The molecule has 0 saturated heterocycles. The van der Waals surface area contributed by atoms with Crippen molar-refractivity contribution in [3.05, 3.63) is 35.4 Å². The molecule has 0 aliphatic heterocycles. The summed E-state index contributed by atoms with van der Waals surface area (Å²) in [6.07, 6.45) is 3.64. The summed E-state index contributed by atoms with van der Waals surface area (Å²) in [5.74, 6) is 6.07. The highest BCUT2D eigenvalue weighted by Gasteiger charge is 2.12. The van der Waals surface area contributed by atoms with Crippen LogP contribution in [-0.4, -0.2) is 35.9 Å². The van der Waals surface area contributed by atoms with Crippen LogP contribution in [-0.2, 0) is 17.8 Å². The monoisotopic (exact) mass is 295 g/mol. The Balaban J connectivity index is 2.58. The van der Waals surface area contributed by atoms with E-state index in [2.05, 4.69) is 42.7 Å². The summed E-state index contributed by atoms with van der Waals surface area (Å²) in [4.78, 5) is 13.6. The molecule has 1 rings (SSSR count). The number of nitrogens with zero attached hydrogens (tertiary/aromatic N) is 1. The topological polar surface area (TPSA) is 58.4 Å². The summed E-state index contributed by atoms with van der Waals surface area (Å²) < 4.78 is 0. The number of hydrazine groups is 1. The first-order valence-corrected chi connectivity index (χ1v) is 8.26. The van der Waals surface area contributed by atoms with Crippen LogP contribution in [0.5, 0.6) is 0 Å². The molecule has 0 aliphatic carbocycles. The van der Waals surface area contributed by atoms with E-state index in [9.17, 15) is 4.79 Å². The SMILES string of the molecule is CCC(CSC)N(C)Cc1ccc(CC(=O)NN)cc1. The Bertz CT molecular complexity index is 408. The Morgan fingerprint density at radius 3 is 2.45 bits per heavy atom. The van der Waals surface area contributed by atoms with Crippen LogP contribution in [0.25, 0.3) is 0 Å². The maximum Gasteiger partial charge on any atom is 0.238 e. The number of nitrogens with one attached hydrogen (secondary N) is 1. The van der Waals surface area contributed by atoms with E-state index in [1.54, 1.807) is 0 Å². The van der Waals surface area contributed by atoms with Crippen molar-refractivity contribution in [1.82, 2.24) is 10.3 Å². The molecular formula is C15H25N3OS. The highest BCUT2D eigenvalue weighted by atomic mass is 32.2. The number of carbonyl (C=O) groups is 1. The first-order valence-electron chi connectivity index (χ1n) is 6.87. The van der Waals surface area contributed by atoms with Gasteiger partial charge in [0.2, 0.25) is 5.91 Å². The Labute approximate surface area is 126 Å². The van der Waals surface area contributed by atoms with Crippen molar-refractivity contribution < 1.29 is 4.79 Å². The molecule has 0 aromatic heterocycles. The standard InChI is InChI=1S/C15H25N3OS/c1-4-14(11-20-3)18(2)10-13-7-5-12(6-8-13)9-15(19)17-16/h5-8,14H,4,9-11,16H2,1-3H3,(H,17,19). The van der Waals surface area contributed by atoms with Gasteiger partial charge in [0.05, 0.1) is 6.42 Å². The fourth-order valence-corrected chi connectivity index (χ4v) is 3.04. The molecule has 0 spiro atoms. The minimum Gasteiger partial charge on any atom is -0.298 e. The first-order chi connectivity index (χ1) is 9.60. The smallest absolute Gasteiger partial charge is 0.238 e. The summed E-state index contributed by atoms with van der Waals surface area (Å²) in [6.45, 7) is 3.16. The molecule has 0 radical (unpaired) electrons. The van der Waals surface area contributed by atoms with Crippen molar-refractivity contribution in [2.75, 3.05) is 19.1 Å². The molecule has 1 unspecified atom stereocenters. The van der Waals surface area contributed by atoms with E-state index in [1.807, 2.05) is 23.9 Å². The third-order valence-electron chi connectivity index (χ3n) is 3.43. The Hall–Kier alpha value is -1.04. The summed E-state index contributed by atoms with van der Waals surface area (Å²) in [5, 5.41) is 0. The maximum atomic E-state index is 11.2. The van der Waals surface area contributed by atoms with Crippen LogP contribution in [0.3, 0.4) is 0 Å². The maximum absolute atomic E-state index is 11.2. The van der Waals surface area contributed by atoms with Crippen molar-refractivity contribution in [3.63, 3.8) is 0 Å². The van der Waals surface area contributed by atoms with Gasteiger partial charge in [0.15, 0.2) is 0 Å². The molecular weight excluding hydrogens is 270 g/mol.